The molecule has 1 saturated heterocycles. The van der Waals surface area contributed by atoms with E-state index in [1.54, 1.807) is 0 Å². The molecule has 0 bridgehead atoms. The van der Waals surface area contributed by atoms with Crippen LogP contribution in [0.25, 0.3) is 0 Å². The van der Waals surface area contributed by atoms with Crippen molar-refractivity contribution in [1.29, 1.82) is 0 Å². The molecule has 1 unspecified atom stereocenters. The second-order valence-electron chi connectivity index (χ2n) is 6.58. The molecule has 0 aliphatic carbocycles. The van der Waals surface area contributed by atoms with Crippen molar-refractivity contribution in [3.05, 3.63) is 11.3 Å². The number of rotatable bonds is 1. The van der Waals surface area contributed by atoms with Gasteiger partial charge in [0.2, 0.25) is 0 Å². The van der Waals surface area contributed by atoms with E-state index >= 15 is 0 Å². The summed E-state index contributed by atoms with van der Waals surface area (Å²) < 4.78 is 5.82. The van der Waals surface area contributed by atoms with Crippen LogP contribution in [-0.2, 0) is 14.4 Å². The van der Waals surface area contributed by atoms with E-state index in [1.165, 1.54) is 0 Å². The van der Waals surface area contributed by atoms with Gasteiger partial charge in [0.1, 0.15) is 5.76 Å². The molecule has 0 aromatic rings. The van der Waals surface area contributed by atoms with Gasteiger partial charge in [0.05, 0.1) is 17.7 Å². The van der Waals surface area contributed by atoms with Crippen molar-refractivity contribution in [2.75, 3.05) is 6.61 Å². The van der Waals surface area contributed by atoms with Crippen LogP contribution in [0.2, 0.25) is 0 Å². The fourth-order valence-corrected chi connectivity index (χ4v) is 2.46. The maximum Gasteiger partial charge on any atom is 0.183 e. The van der Waals surface area contributed by atoms with Crippen molar-refractivity contribution in [3.8, 4) is 0 Å². The fraction of sp³-hybridized carbons (Fsp3) is 0.769. The molecule has 2 aliphatic heterocycles. The van der Waals surface area contributed by atoms with Gasteiger partial charge in [0, 0.05) is 5.41 Å². The third kappa shape index (κ3) is 1.62. The van der Waals surface area contributed by atoms with Gasteiger partial charge in [-0.1, -0.05) is 25.8 Å². The van der Waals surface area contributed by atoms with E-state index in [-0.39, 0.29) is 11.0 Å². The van der Waals surface area contributed by atoms with Gasteiger partial charge in [-0.3, -0.25) is 4.79 Å². The predicted octanol–water partition coefficient (Wildman–Crippen LogP) is 2.26. The Balaban J connectivity index is 2.50. The Labute approximate surface area is 103 Å². The largest absolute Gasteiger partial charge is 0.406 e. The molecular formula is C13H21NO3. The molecule has 0 spiro atoms. The van der Waals surface area contributed by atoms with Gasteiger partial charge in [0.15, 0.2) is 12.0 Å². The van der Waals surface area contributed by atoms with Gasteiger partial charge < -0.3 is 9.57 Å². The summed E-state index contributed by atoms with van der Waals surface area (Å²) in [6.45, 7) is 12.6. The molecule has 4 nitrogen and oxygen atoms in total. The smallest absolute Gasteiger partial charge is 0.183 e. The highest BCUT2D eigenvalue weighted by molar-refractivity contribution is 5.78. The summed E-state index contributed by atoms with van der Waals surface area (Å²) in [6.07, 6.45) is 0.863. The van der Waals surface area contributed by atoms with Crippen LogP contribution in [0.5, 0.6) is 0 Å². The van der Waals surface area contributed by atoms with E-state index in [0.717, 1.165) is 6.29 Å². The molecule has 1 fully saturated rings. The Hall–Kier alpha value is -0.870. The monoisotopic (exact) mass is 239 g/mol. The predicted molar refractivity (Wildman–Crippen MR) is 63.9 cm³/mol. The van der Waals surface area contributed by atoms with Crippen LogP contribution in [0, 0.1) is 5.41 Å². The van der Waals surface area contributed by atoms with Crippen molar-refractivity contribution < 1.29 is 14.4 Å². The number of ether oxygens (including phenoxy) is 1. The molecule has 0 aromatic carbocycles. The number of hydrogen-bond acceptors (Lipinski definition) is 4. The van der Waals surface area contributed by atoms with Gasteiger partial charge in [-0.15, -0.1) is 0 Å². The zero-order valence-electron chi connectivity index (χ0n) is 11.5. The number of carbonyl (C=O) groups excluding carboxylic acids is 1. The fourth-order valence-electron chi connectivity index (χ4n) is 2.46. The number of hydrogen-bond donors (Lipinski definition) is 0. The van der Waals surface area contributed by atoms with Crippen molar-refractivity contribution in [1.82, 2.24) is 5.06 Å². The summed E-state index contributed by atoms with van der Waals surface area (Å²) in [4.78, 5) is 17.3. The molecule has 0 saturated carbocycles. The highest BCUT2D eigenvalue weighted by Crippen LogP contribution is 2.49. The summed E-state index contributed by atoms with van der Waals surface area (Å²) in [5, 5.41) is 1.81. The SMILES string of the molecule is CC(C)(C)C1=C(C=O)C2(C)OCC(C)(C)N2O1. The summed E-state index contributed by atoms with van der Waals surface area (Å²) in [7, 11) is 0. The molecule has 4 heteroatoms. The van der Waals surface area contributed by atoms with Gasteiger partial charge in [-0.25, -0.2) is 0 Å². The normalized spacial score (nSPS) is 32.6. The third-order valence-corrected chi connectivity index (χ3v) is 3.37. The number of hydroxylamine groups is 2. The highest BCUT2D eigenvalue weighted by atomic mass is 16.8. The lowest BCUT2D eigenvalue weighted by Gasteiger charge is -2.32. The van der Waals surface area contributed by atoms with E-state index < -0.39 is 5.72 Å². The first kappa shape index (κ1) is 12.6. The molecule has 17 heavy (non-hydrogen) atoms. The zero-order chi connectivity index (χ0) is 13.1. The number of allylic oxidation sites excluding steroid dienone is 1. The molecule has 0 aromatic heterocycles. The Morgan fingerprint density at radius 3 is 2.35 bits per heavy atom. The third-order valence-electron chi connectivity index (χ3n) is 3.37. The summed E-state index contributed by atoms with van der Waals surface area (Å²) >= 11 is 0. The van der Waals surface area contributed by atoms with E-state index in [2.05, 4.69) is 0 Å². The lowest BCUT2D eigenvalue weighted by Crippen LogP contribution is -2.47. The van der Waals surface area contributed by atoms with E-state index in [9.17, 15) is 4.79 Å². The minimum atomic E-state index is -0.742. The first-order chi connectivity index (χ1) is 7.63. The molecule has 96 valence electrons. The van der Waals surface area contributed by atoms with Crippen LogP contribution in [0.1, 0.15) is 41.5 Å². The zero-order valence-corrected chi connectivity index (χ0v) is 11.5. The molecule has 2 aliphatic rings. The Bertz CT molecular complexity index is 392. The molecule has 1 atom stereocenters. The van der Waals surface area contributed by atoms with Gasteiger partial charge in [-0.2, -0.15) is 0 Å². The van der Waals surface area contributed by atoms with Gasteiger partial charge in [0.25, 0.3) is 0 Å². The first-order valence-electron chi connectivity index (χ1n) is 5.95. The molecule has 0 radical (unpaired) electrons. The van der Waals surface area contributed by atoms with E-state index in [0.29, 0.717) is 17.9 Å². The Morgan fingerprint density at radius 1 is 1.29 bits per heavy atom. The Morgan fingerprint density at radius 2 is 1.88 bits per heavy atom. The summed E-state index contributed by atoms with van der Waals surface area (Å²) in [5.41, 5.74) is -0.567. The second kappa shape index (κ2) is 3.33. The quantitative estimate of drug-likeness (QED) is 0.658. The molecule has 0 N–H and O–H groups in total. The maximum atomic E-state index is 11.4. The van der Waals surface area contributed by atoms with Crippen molar-refractivity contribution in [2.24, 2.45) is 5.41 Å². The first-order valence-corrected chi connectivity index (χ1v) is 5.95. The van der Waals surface area contributed by atoms with E-state index in [1.807, 2.05) is 46.6 Å². The number of carbonyl (C=O) groups is 1. The van der Waals surface area contributed by atoms with Gasteiger partial charge >= 0.3 is 0 Å². The molecule has 0 amide bonds. The number of fused-ring (bicyclic) bond motifs is 1. The lowest BCUT2D eigenvalue weighted by atomic mass is 9.88. The number of aldehydes is 1. The van der Waals surface area contributed by atoms with Crippen LogP contribution < -0.4 is 0 Å². The second-order valence-corrected chi connectivity index (χ2v) is 6.58. The maximum absolute atomic E-state index is 11.4. The van der Waals surface area contributed by atoms with E-state index in [4.69, 9.17) is 9.57 Å². The van der Waals surface area contributed by atoms with Crippen LogP contribution in [-0.4, -0.2) is 29.2 Å². The Kier molecular flexibility index (Phi) is 2.46. The summed E-state index contributed by atoms with van der Waals surface area (Å²) in [6, 6.07) is 0. The molecular weight excluding hydrogens is 218 g/mol. The highest BCUT2D eigenvalue weighted by Gasteiger charge is 2.59. The average Bonchev–Trinajstić information content (AvgIpc) is 2.59. The van der Waals surface area contributed by atoms with Crippen molar-refractivity contribution >= 4 is 6.29 Å². The molecule has 2 rings (SSSR count). The minimum absolute atomic E-state index is 0.205. The standard InChI is InChI=1S/C13H21NO3/c1-11(2,3)10-9(7-15)13(6)14(17-10)12(4,5)8-16-13/h7H,8H2,1-6H3. The van der Waals surface area contributed by atoms with Crippen molar-refractivity contribution in [2.45, 2.75) is 52.8 Å². The van der Waals surface area contributed by atoms with Crippen LogP contribution >= 0.6 is 0 Å². The van der Waals surface area contributed by atoms with Crippen LogP contribution in [0.3, 0.4) is 0 Å². The number of nitrogens with zero attached hydrogens (tertiary/aromatic N) is 1. The van der Waals surface area contributed by atoms with Gasteiger partial charge in [-0.05, 0) is 20.8 Å². The van der Waals surface area contributed by atoms with Crippen LogP contribution in [0.4, 0.5) is 0 Å². The summed E-state index contributed by atoms with van der Waals surface area (Å²) in [5.74, 6) is 0.711. The lowest BCUT2D eigenvalue weighted by molar-refractivity contribution is -0.219. The topological polar surface area (TPSA) is 38.8 Å². The minimum Gasteiger partial charge on any atom is -0.406 e. The average molecular weight is 239 g/mol. The van der Waals surface area contributed by atoms with Crippen LogP contribution in [0.15, 0.2) is 11.3 Å². The molecule has 2 heterocycles. The van der Waals surface area contributed by atoms with Crippen molar-refractivity contribution in [3.63, 3.8) is 0 Å².